The van der Waals surface area contributed by atoms with E-state index >= 15 is 0 Å². The Balaban J connectivity index is 2.22. The van der Waals surface area contributed by atoms with Crippen molar-refractivity contribution in [3.05, 3.63) is 36.0 Å². The normalized spacial score (nSPS) is 12.3. The molecule has 0 radical (unpaired) electrons. The van der Waals surface area contributed by atoms with Crippen molar-refractivity contribution in [1.29, 1.82) is 0 Å². The molecule has 2 N–H and O–H groups in total. The van der Waals surface area contributed by atoms with Crippen LogP contribution in [-0.2, 0) is 32.5 Å². The number of rotatable bonds is 6. The molecular weight excluding hydrogens is 362 g/mol. The topological polar surface area (TPSA) is 98.7 Å². The number of nitrogens with one attached hydrogen (secondary N) is 2. The van der Waals surface area contributed by atoms with Crippen LogP contribution in [0.5, 0.6) is 0 Å². The highest BCUT2D eigenvalue weighted by atomic mass is 16.6. The maximum Gasteiger partial charge on any atom is 0.408 e. The number of methoxy groups -OCH3 is 1. The number of ether oxygens (including phenoxy) is 2. The Hall–Kier alpha value is -3.03. The van der Waals surface area contributed by atoms with Gasteiger partial charge in [0.2, 0.25) is 5.91 Å². The van der Waals surface area contributed by atoms with Crippen LogP contribution in [0.3, 0.4) is 0 Å². The summed E-state index contributed by atoms with van der Waals surface area (Å²) in [7, 11) is 3.15. The summed E-state index contributed by atoms with van der Waals surface area (Å²) >= 11 is 0. The molecule has 28 heavy (non-hydrogen) atoms. The van der Waals surface area contributed by atoms with Gasteiger partial charge in [-0.3, -0.25) is 9.59 Å². The fourth-order valence-corrected chi connectivity index (χ4v) is 2.82. The van der Waals surface area contributed by atoms with Crippen LogP contribution in [0.2, 0.25) is 0 Å². The zero-order chi connectivity index (χ0) is 20.9. The summed E-state index contributed by atoms with van der Waals surface area (Å²) in [6.07, 6.45) is 1.46. The second-order valence-corrected chi connectivity index (χ2v) is 7.48. The zero-order valence-corrected chi connectivity index (χ0v) is 16.9. The molecule has 8 heteroatoms. The summed E-state index contributed by atoms with van der Waals surface area (Å²) in [6.45, 7) is 4.94. The van der Waals surface area contributed by atoms with E-state index in [4.69, 9.17) is 4.74 Å². The number of alkyl carbamates (subject to hydrolysis) is 1. The monoisotopic (exact) mass is 389 g/mol. The number of benzene rings is 1. The highest BCUT2D eigenvalue weighted by Gasteiger charge is 2.26. The van der Waals surface area contributed by atoms with Gasteiger partial charge in [0.15, 0.2) is 0 Å². The van der Waals surface area contributed by atoms with Crippen LogP contribution in [0, 0.1) is 0 Å². The first-order valence-corrected chi connectivity index (χ1v) is 8.97. The van der Waals surface area contributed by atoms with Crippen molar-refractivity contribution in [2.75, 3.05) is 13.7 Å². The summed E-state index contributed by atoms with van der Waals surface area (Å²) in [5.41, 5.74) is 1.21. The van der Waals surface area contributed by atoms with Crippen LogP contribution < -0.4 is 10.6 Å². The second-order valence-electron chi connectivity index (χ2n) is 7.48. The lowest BCUT2D eigenvalue weighted by Crippen LogP contribution is -2.50. The van der Waals surface area contributed by atoms with Gasteiger partial charge in [-0.25, -0.2) is 4.79 Å². The number of hydrogen-bond donors (Lipinski definition) is 2. The third-order valence-corrected chi connectivity index (χ3v) is 4.05. The van der Waals surface area contributed by atoms with Gasteiger partial charge < -0.3 is 24.7 Å². The van der Waals surface area contributed by atoms with Gasteiger partial charge in [-0.15, -0.1) is 0 Å². The number of fused-ring (bicyclic) bond motifs is 1. The van der Waals surface area contributed by atoms with Crippen molar-refractivity contribution >= 4 is 28.9 Å². The van der Waals surface area contributed by atoms with Crippen LogP contribution in [0.1, 0.15) is 26.3 Å². The molecule has 0 fully saturated rings. The van der Waals surface area contributed by atoms with Crippen LogP contribution in [0.25, 0.3) is 10.9 Å². The first kappa shape index (κ1) is 21.3. The number of hydrogen-bond acceptors (Lipinski definition) is 5. The molecule has 0 saturated carbocycles. The van der Waals surface area contributed by atoms with E-state index in [0.717, 1.165) is 16.5 Å². The fraction of sp³-hybridized carbons (Fsp3) is 0.450. The number of aryl methyl sites for hydroxylation is 1. The molecule has 1 aromatic carbocycles. The molecule has 8 nitrogen and oxygen atoms in total. The highest BCUT2D eigenvalue weighted by Crippen LogP contribution is 2.21. The molecule has 0 bridgehead atoms. The Morgan fingerprint density at radius 1 is 1.18 bits per heavy atom. The van der Waals surface area contributed by atoms with Crippen molar-refractivity contribution in [3.63, 3.8) is 0 Å². The van der Waals surface area contributed by atoms with Crippen molar-refractivity contribution in [2.24, 2.45) is 7.05 Å². The third-order valence-electron chi connectivity index (χ3n) is 4.05. The summed E-state index contributed by atoms with van der Waals surface area (Å²) in [6, 6.07) is 6.88. The van der Waals surface area contributed by atoms with Gasteiger partial charge in [-0.2, -0.15) is 0 Å². The maximum absolute atomic E-state index is 12.6. The standard InChI is InChI=1S/C20H27N3O5/c1-20(2,3)28-19(26)22-15(18(25)21-11-17(24)27-5)10-13-12-23(4)16-9-7-6-8-14(13)16/h6-9,12,15H,10-11H2,1-5H3,(H,21,25)(H,22,26). The average molecular weight is 389 g/mol. The van der Waals surface area contributed by atoms with Crippen molar-refractivity contribution in [3.8, 4) is 0 Å². The molecule has 1 unspecified atom stereocenters. The Labute approximate surface area is 164 Å². The van der Waals surface area contributed by atoms with Crippen LogP contribution in [0.15, 0.2) is 30.5 Å². The summed E-state index contributed by atoms with van der Waals surface area (Å²) in [4.78, 5) is 36.2. The smallest absolute Gasteiger partial charge is 0.408 e. The number of nitrogens with zero attached hydrogens (tertiary/aromatic N) is 1. The van der Waals surface area contributed by atoms with Crippen molar-refractivity contribution in [2.45, 2.75) is 38.8 Å². The summed E-state index contributed by atoms with van der Waals surface area (Å²) in [5, 5.41) is 6.08. The van der Waals surface area contributed by atoms with Gasteiger partial charge >= 0.3 is 12.1 Å². The Kier molecular flexibility index (Phi) is 6.66. The van der Waals surface area contributed by atoms with Crippen LogP contribution in [-0.4, -0.2) is 47.8 Å². The molecule has 1 aromatic heterocycles. The highest BCUT2D eigenvalue weighted by molar-refractivity contribution is 5.90. The van der Waals surface area contributed by atoms with E-state index < -0.39 is 29.6 Å². The van der Waals surface area contributed by atoms with E-state index in [2.05, 4.69) is 15.4 Å². The molecule has 0 aliphatic carbocycles. The molecule has 2 rings (SSSR count). The van der Waals surface area contributed by atoms with E-state index in [9.17, 15) is 14.4 Å². The zero-order valence-electron chi connectivity index (χ0n) is 16.9. The molecule has 1 heterocycles. The molecule has 1 atom stereocenters. The lowest BCUT2D eigenvalue weighted by Gasteiger charge is -2.23. The average Bonchev–Trinajstić information content (AvgIpc) is 2.93. The molecule has 0 aliphatic rings. The molecule has 2 aromatic rings. The van der Waals surface area contributed by atoms with Gasteiger partial charge in [-0.1, -0.05) is 18.2 Å². The lowest BCUT2D eigenvalue weighted by molar-refractivity contribution is -0.141. The third kappa shape index (κ3) is 5.73. The van der Waals surface area contributed by atoms with Crippen molar-refractivity contribution < 1.29 is 23.9 Å². The number of amides is 2. The van der Waals surface area contributed by atoms with E-state index in [1.165, 1.54) is 7.11 Å². The van der Waals surface area contributed by atoms with E-state index in [1.807, 2.05) is 42.1 Å². The number of aromatic nitrogens is 1. The SMILES string of the molecule is COC(=O)CNC(=O)C(Cc1cn(C)c2ccccc12)NC(=O)OC(C)(C)C. The Bertz CT molecular complexity index is 866. The van der Waals surface area contributed by atoms with E-state index in [0.29, 0.717) is 0 Å². The van der Waals surface area contributed by atoms with Crippen LogP contribution in [0.4, 0.5) is 4.79 Å². The molecule has 0 saturated heterocycles. The quantitative estimate of drug-likeness (QED) is 0.736. The number of carbonyl (C=O) groups excluding carboxylic acids is 3. The van der Waals surface area contributed by atoms with Gasteiger partial charge in [0.25, 0.3) is 0 Å². The molecular formula is C20H27N3O5. The number of para-hydroxylation sites is 1. The van der Waals surface area contributed by atoms with E-state index in [-0.39, 0.29) is 13.0 Å². The largest absolute Gasteiger partial charge is 0.468 e. The van der Waals surface area contributed by atoms with Gasteiger partial charge in [0.05, 0.1) is 7.11 Å². The van der Waals surface area contributed by atoms with Gasteiger partial charge in [0.1, 0.15) is 18.2 Å². The predicted molar refractivity (Wildman–Crippen MR) is 105 cm³/mol. The lowest BCUT2D eigenvalue weighted by atomic mass is 10.0. The van der Waals surface area contributed by atoms with Crippen LogP contribution >= 0.6 is 0 Å². The number of esters is 1. The first-order chi connectivity index (χ1) is 13.1. The van der Waals surface area contributed by atoms with Gasteiger partial charge in [0, 0.05) is 30.6 Å². The molecule has 152 valence electrons. The molecule has 0 aliphatic heterocycles. The maximum atomic E-state index is 12.6. The Morgan fingerprint density at radius 3 is 2.50 bits per heavy atom. The minimum absolute atomic E-state index is 0.244. The van der Waals surface area contributed by atoms with E-state index in [1.54, 1.807) is 20.8 Å². The van der Waals surface area contributed by atoms with Crippen molar-refractivity contribution in [1.82, 2.24) is 15.2 Å². The predicted octanol–water partition coefficient (Wildman–Crippen LogP) is 1.90. The second kappa shape index (κ2) is 8.77. The Morgan fingerprint density at radius 2 is 1.86 bits per heavy atom. The number of carbonyl (C=O) groups is 3. The molecule has 0 spiro atoms. The summed E-state index contributed by atoms with van der Waals surface area (Å²) in [5.74, 6) is -1.07. The fourth-order valence-electron chi connectivity index (χ4n) is 2.82. The first-order valence-electron chi connectivity index (χ1n) is 8.97. The van der Waals surface area contributed by atoms with Gasteiger partial charge in [-0.05, 0) is 32.4 Å². The molecule has 2 amide bonds. The minimum atomic E-state index is -0.912. The summed E-state index contributed by atoms with van der Waals surface area (Å²) < 4.78 is 11.8. The minimum Gasteiger partial charge on any atom is -0.468 e.